The third-order valence-electron chi connectivity index (χ3n) is 16.0. The van der Waals surface area contributed by atoms with Crippen LogP contribution < -0.4 is 0 Å². The molecule has 0 fully saturated rings. The molecular formula is C68H46. The summed E-state index contributed by atoms with van der Waals surface area (Å²) in [6, 6.07) is 91.3. The van der Waals surface area contributed by atoms with Gasteiger partial charge in [0.05, 0.1) is 0 Å². The molecule has 12 aromatic rings. The van der Waals surface area contributed by atoms with Gasteiger partial charge in [0.15, 0.2) is 0 Å². The van der Waals surface area contributed by atoms with Crippen LogP contribution in [0, 0.1) is 0 Å². The SMILES string of the molecule is CC1(c2ccccc2)c2ccccc2-c2ccc(-c3c4ccccc4c(-c4c5ccccc5c(-c5ccc6c(c5)C(C)(c5ccccc5)c5ccccc5-6)c5ccccc45)c4ccccc34)cc21. The van der Waals surface area contributed by atoms with E-state index in [1.807, 2.05) is 0 Å². The van der Waals surface area contributed by atoms with E-state index in [9.17, 15) is 0 Å². The Labute approximate surface area is 397 Å². The molecular weight excluding hydrogens is 817 g/mol. The summed E-state index contributed by atoms with van der Waals surface area (Å²) >= 11 is 0. The van der Waals surface area contributed by atoms with Crippen LogP contribution in [0.5, 0.6) is 0 Å². The van der Waals surface area contributed by atoms with Gasteiger partial charge in [-0.1, -0.05) is 231 Å². The molecule has 0 nitrogen and oxygen atoms in total. The van der Waals surface area contributed by atoms with Crippen molar-refractivity contribution in [2.75, 3.05) is 0 Å². The fraction of sp³-hybridized carbons (Fsp3) is 0.0588. The highest BCUT2D eigenvalue weighted by Crippen LogP contribution is 2.57. The number of hydrogen-bond acceptors (Lipinski definition) is 0. The Balaban J connectivity index is 1.02. The van der Waals surface area contributed by atoms with Crippen molar-refractivity contribution < 1.29 is 0 Å². The van der Waals surface area contributed by atoms with E-state index in [0.29, 0.717) is 0 Å². The molecule has 14 rings (SSSR count). The van der Waals surface area contributed by atoms with Gasteiger partial charge in [-0.25, -0.2) is 0 Å². The molecule has 2 aliphatic rings. The first-order valence-corrected chi connectivity index (χ1v) is 24.0. The molecule has 0 saturated heterocycles. The second kappa shape index (κ2) is 14.6. The Bertz CT molecular complexity index is 3670. The Morgan fingerprint density at radius 2 is 0.485 bits per heavy atom. The molecule has 0 bridgehead atoms. The van der Waals surface area contributed by atoms with Crippen molar-refractivity contribution in [3.63, 3.8) is 0 Å². The summed E-state index contributed by atoms with van der Waals surface area (Å²) in [5.41, 5.74) is 20.3. The first-order chi connectivity index (χ1) is 33.5. The number of rotatable bonds is 5. The summed E-state index contributed by atoms with van der Waals surface area (Å²) in [4.78, 5) is 0. The maximum atomic E-state index is 2.51. The molecule has 2 aliphatic carbocycles. The van der Waals surface area contributed by atoms with E-state index in [2.05, 4.69) is 257 Å². The maximum absolute atomic E-state index is 2.51. The molecule has 318 valence electrons. The van der Waals surface area contributed by atoms with Gasteiger partial charge in [0.1, 0.15) is 0 Å². The molecule has 0 radical (unpaired) electrons. The Hall–Kier alpha value is -8.32. The van der Waals surface area contributed by atoms with Gasteiger partial charge in [0, 0.05) is 10.8 Å². The highest BCUT2D eigenvalue weighted by Gasteiger charge is 2.42. The third-order valence-corrected chi connectivity index (χ3v) is 16.0. The summed E-state index contributed by atoms with van der Waals surface area (Å²) in [5.74, 6) is 0. The van der Waals surface area contributed by atoms with Gasteiger partial charge in [-0.2, -0.15) is 0 Å². The Morgan fingerprint density at radius 1 is 0.221 bits per heavy atom. The summed E-state index contributed by atoms with van der Waals surface area (Å²) in [7, 11) is 0. The van der Waals surface area contributed by atoms with Gasteiger partial charge in [-0.05, 0) is 158 Å². The van der Waals surface area contributed by atoms with Crippen molar-refractivity contribution in [3.05, 3.63) is 276 Å². The van der Waals surface area contributed by atoms with Gasteiger partial charge in [0.2, 0.25) is 0 Å². The molecule has 2 atom stereocenters. The fourth-order valence-electron chi connectivity index (χ4n) is 12.9. The van der Waals surface area contributed by atoms with E-state index >= 15 is 0 Å². The largest absolute Gasteiger partial charge is 0.0622 e. The molecule has 0 saturated carbocycles. The van der Waals surface area contributed by atoms with Crippen LogP contribution in [-0.4, -0.2) is 0 Å². The lowest BCUT2D eigenvalue weighted by Crippen LogP contribution is -2.22. The molecule has 68 heavy (non-hydrogen) atoms. The summed E-state index contributed by atoms with van der Waals surface area (Å²) in [5, 5.41) is 10.1. The average Bonchev–Trinajstić information content (AvgIpc) is 3.82. The van der Waals surface area contributed by atoms with Crippen molar-refractivity contribution in [2.24, 2.45) is 0 Å². The minimum absolute atomic E-state index is 0.294. The molecule has 0 aliphatic heterocycles. The molecule has 12 aromatic carbocycles. The Morgan fingerprint density at radius 3 is 0.824 bits per heavy atom. The van der Waals surface area contributed by atoms with Gasteiger partial charge in [-0.3, -0.25) is 0 Å². The van der Waals surface area contributed by atoms with Crippen molar-refractivity contribution in [3.8, 4) is 55.6 Å². The lowest BCUT2D eigenvalue weighted by molar-refractivity contribution is 0.714. The number of hydrogen-bond donors (Lipinski definition) is 0. The van der Waals surface area contributed by atoms with Crippen LogP contribution in [0.15, 0.2) is 243 Å². The summed E-state index contributed by atoms with van der Waals surface area (Å²) < 4.78 is 0. The third kappa shape index (κ3) is 5.26. The number of benzene rings is 12. The maximum Gasteiger partial charge on any atom is 0.0435 e. The van der Waals surface area contributed by atoms with E-state index < -0.39 is 0 Å². The van der Waals surface area contributed by atoms with Crippen molar-refractivity contribution >= 4 is 43.1 Å². The second-order valence-electron chi connectivity index (χ2n) is 19.3. The lowest BCUT2D eigenvalue weighted by atomic mass is 9.73. The van der Waals surface area contributed by atoms with Crippen LogP contribution in [-0.2, 0) is 10.8 Å². The molecule has 0 heteroatoms. The van der Waals surface area contributed by atoms with Gasteiger partial charge < -0.3 is 0 Å². The van der Waals surface area contributed by atoms with E-state index in [1.165, 1.54) is 132 Å². The minimum Gasteiger partial charge on any atom is -0.0622 e. The first kappa shape index (κ1) is 38.9. The predicted octanol–water partition coefficient (Wildman–Crippen LogP) is 18.0. The lowest BCUT2D eigenvalue weighted by Gasteiger charge is -2.29. The van der Waals surface area contributed by atoms with Crippen LogP contribution in [0.3, 0.4) is 0 Å². The number of fused-ring (bicyclic) bond motifs is 10. The molecule has 0 heterocycles. The van der Waals surface area contributed by atoms with Gasteiger partial charge in [-0.15, -0.1) is 0 Å². The van der Waals surface area contributed by atoms with Crippen LogP contribution in [0.25, 0.3) is 98.7 Å². The molecule has 0 spiro atoms. The highest BCUT2D eigenvalue weighted by atomic mass is 14.4. The summed E-state index contributed by atoms with van der Waals surface area (Å²) in [6.07, 6.45) is 0. The molecule has 0 aromatic heterocycles. The minimum atomic E-state index is -0.294. The molecule has 0 amide bonds. The van der Waals surface area contributed by atoms with Crippen LogP contribution in [0.4, 0.5) is 0 Å². The fourth-order valence-corrected chi connectivity index (χ4v) is 12.9. The molecule has 0 N–H and O–H groups in total. The second-order valence-corrected chi connectivity index (χ2v) is 19.3. The zero-order valence-electron chi connectivity index (χ0n) is 38.1. The van der Waals surface area contributed by atoms with E-state index in [-0.39, 0.29) is 10.8 Å². The monoisotopic (exact) mass is 862 g/mol. The van der Waals surface area contributed by atoms with Crippen molar-refractivity contribution in [1.82, 2.24) is 0 Å². The van der Waals surface area contributed by atoms with Gasteiger partial charge in [0.25, 0.3) is 0 Å². The van der Waals surface area contributed by atoms with Crippen LogP contribution >= 0.6 is 0 Å². The van der Waals surface area contributed by atoms with E-state index in [0.717, 1.165) is 0 Å². The standard InChI is InChI=1S/C68H46/c1-67(45-21-5-3-6-22-45)59-35-19-17-25-47(59)49-39-37-43(41-61(49)67)63-51-27-9-13-31-55(51)65(56-32-14-10-28-52(56)63)66-57-33-15-11-29-53(57)64(54-30-12-16-34-58(54)66)44-38-40-50-48-26-18-20-36-60(48)68(2,62(50)42-44)46-23-7-4-8-24-46/h3-42H,1-2H3. The topological polar surface area (TPSA) is 0 Å². The first-order valence-electron chi connectivity index (χ1n) is 24.0. The molecule has 2 unspecified atom stereocenters. The van der Waals surface area contributed by atoms with Crippen molar-refractivity contribution in [2.45, 2.75) is 24.7 Å². The normalized spacial score (nSPS) is 16.8. The smallest absolute Gasteiger partial charge is 0.0435 e. The zero-order valence-corrected chi connectivity index (χ0v) is 38.1. The van der Waals surface area contributed by atoms with Crippen LogP contribution in [0.2, 0.25) is 0 Å². The van der Waals surface area contributed by atoms with E-state index in [4.69, 9.17) is 0 Å². The van der Waals surface area contributed by atoms with Crippen LogP contribution in [0.1, 0.15) is 47.2 Å². The zero-order chi connectivity index (χ0) is 45.1. The van der Waals surface area contributed by atoms with Gasteiger partial charge >= 0.3 is 0 Å². The quantitative estimate of drug-likeness (QED) is 0.151. The summed E-state index contributed by atoms with van der Waals surface area (Å²) in [6.45, 7) is 4.83. The Kier molecular flexibility index (Phi) is 8.35. The van der Waals surface area contributed by atoms with E-state index in [1.54, 1.807) is 0 Å². The highest BCUT2D eigenvalue weighted by molar-refractivity contribution is 6.30. The predicted molar refractivity (Wildman–Crippen MR) is 288 cm³/mol. The van der Waals surface area contributed by atoms with Crippen molar-refractivity contribution in [1.29, 1.82) is 0 Å². The average molecular weight is 863 g/mol.